The highest BCUT2D eigenvalue weighted by atomic mass is 32.2. The average Bonchev–Trinajstić information content (AvgIpc) is 2.61. The first kappa shape index (κ1) is 17.2. The summed E-state index contributed by atoms with van der Waals surface area (Å²) in [7, 11) is 0. The van der Waals surface area contributed by atoms with E-state index in [9.17, 15) is 9.59 Å². The monoisotopic (exact) mass is 353 g/mol. The molecule has 5 nitrogen and oxygen atoms in total. The van der Waals surface area contributed by atoms with Crippen molar-refractivity contribution in [1.82, 2.24) is 9.38 Å². The molecular formula is C19H19N3O2S. The number of thioether (sulfide) groups is 1. The molecule has 1 aromatic carbocycles. The van der Waals surface area contributed by atoms with E-state index in [1.807, 2.05) is 50.2 Å². The minimum atomic E-state index is -0.0948. The van der Waals surface area contributed by atoms with Gasteiger partial charge in [0.15, 0.2) is 0 Å². The van der Waals surface area contributed by atoms with Crippen molar-refractivity contribution in [2.75, 3.05) is 5.32 Å². The Morgan fingerprint density at radius 1 is 1.20 bits per heavy atom. The van der Waals surface area contributed by atoms with Crippen LogP contribution in [0.25, 0.3) is 5.65 Å². The molecule has 0 radical (unpaired) electrons. The summed E-state index contributed by atoms with van der Waals surface area (Å²) in [6.07, 6.45) is 1.71. The zero-order chi connectivity index (χ0) is 17.8. The number of hydrogen-bond donors (Lipinski definition) is 1. The molecule has 6 heteroatoms. The van der Waals surface area contributed by atoms with E-state index in [-0.39, 0.29) is 17.4 Å². The largest absolute Gasteiger partial charge is 0.325 e. The summed E-state index contributed by atoms with van der Waals surface area (Å²) in [5, 5.41) is 2.94. The lowest BCUT2D eigenvalue weighted by molar-refractivity contribution is -0.118. The topological polar surface area (TPSA) is 63.5 Å². The predicted octanol–water partition coefficient (Wildman–Crippen LogP) is 3.58. The van der Waals surface area contributed by atoms with E-state index in [1.54, 1.807) is 30.1 Å². The van der Waals surface area contributed by atoms with Crippen LogP contribution in [0.2, 0.25) is 0 Å². The van der Waals surface area contributed by atoms with Crippen LogP contribution in [-0.4, -0.2) is 15.3 Å². The van der Waals surface area contributed by atoms with Crippen molar-refractivity contribution >= 4 is 29.0 Å². The Morgan fingerprint density at radius 2 is 1.96 bits per heavy atom. The Labute approximate surface area is 150 Å². The lowest BCUT2D eigenvalue weighted by Crippen LogP contribution is -2.18. The zero-order valence-corrected chi connectivity index (χ0v) is 14.9. The normalized spacial score (nSPS) is 11.0. The molecule has 2 aromatic heterocycles. The van der Waals surface area contributed by atoms with Crippen molar-refractivity contribution < 1.29 is 4.79 Å². The third-order valence-electron chi connectivity index (χ3n) is 3.67. The summed E-state index contributed by atoms with van der Waals surface area (Å²) in [4.78, 5) is 29.6. The molecule has 1 amide bonds. The van der Waals surface area contributed by atoms with Crippen LogP contribution in [0.3, 0.4) is 0 Å². The van der Waals surface area contributed by atoms with Crippen LogP contribution < -0.4 is 10.9 Å². The van der Waals surface area contributed by atoms with E-state index >= 15 is 0 Å². The fraction of sp³-hybridized carbons (Fsp3) is 0.211. The number of nitrogens with one attached hydrogen (secondary N) is 1. The molecule has 3 aromatic rings. The van der Waals surface area contributed by atoms with Crippen molar-refractivity contribution in [1.29, 1.82) is 0 Å². The smallest absolute Gasteiger partial charge is 0.258 e. The van der Waals surface area contributed by atoms with Crippen molar-refractivity contribution in [3.05, 3.63) is 70.8 Å². The van der Waals surface area contributed by atoms with Crippen molar-refractivity contribution in [3.8, 4) is 0 Å². The number of pyridine rings is 1. The van der Waals surface area contributed by atoms with Crippen molar-refractivity contribution in [3.63, 3.8) is 0 Å². The van der Waals surface area contributed by atoms with Gasteiger partial charge in [0.2, 0.25) is 5.91 Å². The number of nitrogens with zero attached hydrogens (tertiary/aromatic N) is 2. The van der Waals surface area contributed by atoms with Gasteiger partial charge in [-0.05, 0) is 24.3 Å². The molecule has 3 rings (SSSR count). The first-order valence-electron chi connectivity index (χ1n) is 8.04. The van der Waals surface area contributed by atoms with E-state index in [4.69, 9.17) is 0 Å². The number of carbonyl (C=O) groups excluding carboxylic acids is 1. The molecule has 0 atom stereocenters. The number of rotatable bonds is 5. The highest BCUT2D eigenvalue weighted by Gasteiger charge is 2.11. The Bertz CT molecular complexity index is 966. The average molecular weight is 353 g/mol. The van der Waals surface area contributed by atoms with Gasteiger partial charge < -0.3 is 5.32 Å². The highest BCUT2D eigenvalue weighted by molar-refractivity contribution is 7.98. The minimum absolute atomic E-state index is 0.0184. The fourth-order valence-electron chi connectivity index (χ4n) is 2.30. The number of fused-ring (bicyclic) bond motifs is 1. The summed E-state index contributed by atoms with van der Waals surface area (Å²) < 4.78 is 1.52. The van der Waals surface area contributed by atoms with Gasteiger partial charge in [-0.1, -0.05) is 32.0 Å². The minimum Gasteiger partial charge on any atom is -0.325 e. The standard InChI is InChI=1S/C19H19N3O2S/c1-13(2)19(24)21-15-7-3-4-8-16(15)25-12-14-11-18(23)22-10-6-5-9-17(22)20-14/h3-11,13H,12H2,1-2H3,(H,21,24). The van der Waals surface area contributed by atoms with E-state index in [1.165, 1.54) is 4.40 Å². The second-order valence-electron chi connectivity index (χ2n) is 5.94. The molecule has 0 saturated heterocycles. The number of amides is 1. The molecule has 0 bridgehead atoms. The van der Waals surface area contributed by atoms with Crippen LogP contribution in [0.15, 0.2) is 64.4 Å². The van der Waals surface area contributed by atoms with E-state index in [0.29, 0.717) is 17.1 Å². The number of para-hydroxylation sites is 1. The van der Waals surface area contributed by atoms with Crippen LogP contribution in [0.1, 0.15) is 19.5 Å². The quantitative estimate of drug-likeness (QED) is 0.712. The van der Waals surface area contributed by atoms with Crippen LogP contribution in [-0.2, 0) is 10.5 Å². The molecule has 0 spiro atoms. The maximum Gasteiger partial charge on any atom is 0.258 e. The summed E-state index contributed by atoms with van der Waals surface area (Å²) in [6, 6.07) is 14.7. The summed E-state index contributed by atoms with van der Waals surface area (Å²) in [5.41, 5.74) is 2.03. The van der Waals surface area contributed by atoms with E-state index in [2.05, 4.69) is 10.3 Å². The van der Waals surface area contributed by atoms with Gasteiger partial charge in [-0.25, -0.2) is 4.98 Å². The zero-order valence-electron chi connectivity index (χ0n) is 14.1. The molecule has 0 saturated carbocycles. The summed E-state index contributed by atoms with van der Waals surface area (Å²) in [6.45, 7) is 3.72. The Kier molecular flexibility index (Phi) is 5.19. The second kappa shape index (κ2) is 7.53. The third kappa shape index (κ3) is 4.09. The summed E-state index contributed by atoms with van der Waals surface area (Å²) in [5.74, 6) is 0.449. The van der Waals surface area contributed by atoms with Gasteiger partial charge in [0.1, 0.15) is 5.65 Å². The molecule has 0 aliphatic rings. The fourth-order valence-corrected chi connectivity index (χ4v) is 3.20. The van der Waals surface area contributed by atoms with Gasteiger partial charge in [0, 0.05) is 28.8 Å². The Hall–Kier alpha value is -2.60. The first-order valence-corrected chi connectivity index (χ1v) is 9.03. The number of benzene rings is 1. The maximum atomic E-state index is 12.2. The van der Waals surface area contributed by atoms with Gasteiger partial charge >= 0.3 is 0 Å². The molecule has 0 aliphatic heterocycles. The molecule has 0 fully saturated rings. The first-order chi connectivity index (χ1) is 12.0. The molecule has 25 heavy (non-hydrogen) atoms. The number of anilines is 1. The molecular weight excluding hydrogens is 334 g/mol. The van der Waals surface area contributed by atoms with Gasteiger partial charge in [0.25, 0.3) is 5.56 Å². The van der Waals surface area contributed by atoms with Gasteiger partial charge in [-0.3, -0.25) is 14.0 Å². The van der Waals surface area contributed by atoms with Crippen molar-refractivity contribution in [2.45, 2.75) is 24.5 Å². The van der Waals surface area contributed by atoms with Gasteiger partial charge in [0.05, 0.1) is 11.4 Å². The van der Waals surface area contributed by atoms with Crippen molar-refractivity contribution in [2.24, 2.45) is 5.92 Å². The van der Waals surface area contributed by atoms with Crippen LogP contribution >= 0.6 is 11.8 Å². The lowest BCUT2D eigenvalue weighted by Gasteiger charge is -2.12. The second-order valence-corrected chi connectivity index (χ2v) is 6.96. The molecule has 0 aliphatic carbocycles. The lowest BCUT2D eigenvalue weighted by atomic mass is 10.2. The number of carbonyl (C=O) groups is 1. The predicted molar refractivity (Wildman–Crippen MR) is 101 cm³/mol. The van der Waals surface area contributed by atoms with Gasteiger partial charge in [-0.2, -0.15) is 0 Å². The van der Waals surface area contributed by atoms with Crippen LogP contribution in [0, 0.1) is 5.92 Å². The van der Waals surface area contributed by atoms with E-state index in [0.717, 1.165) is 10.6 Å². The molecule has 1 N–H and O–H groups in total. The number of hydrogen-bond acceptors (Lipinski definition) is 4. The number of aromatic nitrogens is 2. The summed E-state index contributed by atoms with van der Waals surface area (Å²) >= 11 is 1.55. The van der Waals surface area contributed by atoms with Crippen LogP contribution in [0.4, 0.5) is 5.69 Å². The van der Waals surface area contributed by atoms with Crippen LogP contribution in [0.5, 0.6) is 0 Å². The van der Waals surface area contributed by atoms with Gasteiger partial charge in [-0.15, -0.1) is 11.8 Å². The Balaban J connectivity index is 1.80. The molecule has 2 heterocycles. The maximum absolute atomic E-state index is 12.2. The SMILES string of the molecule is CC(C)C(=O)Nc1ccccc1SCc1cc(=O)n2ccccc2n1. The van der Waals surface area contributed by atoms with E-state index < -0.39 is 0 Å². The Morgan fingerprint density at radius 3 is 2.76 bits per heavy atom. The third-order valence-corrected chi connectivity index (χ3v) is 4.78. The molecule has 0 unspecified atom stereocenters. The molecule has 128 valence electrons. The highest BCUT2D eigenvalue weighted by Crippen LogP contribution is 2.29.